The number of rotatable bonds is 2. The molecule has 0 aliphatic carbocycles. The first-order chi connectivity index (χ1) is 12.7. The quantitative estimate of drug-likeness (QED) is 0.717. The fourth-order valence-corrected chi connectivity index (χ4v) is 3.50. The van der Waals surface area contributed by atoms with Crippen molar-refractivity contribution in [2.45, 2.75) is 31.5 Å². The fourth-order valence-electron chi connectivity index (χ4n) is 3.17. The van der Waals surface area contributed by atoms with Gasteiger partial charge in [-0.3, -0.25) is 9.55 Å². The van der Waals surface area contributed by atoms with E-state index in [-0.39, 0.29) is 5.56 Å². The first kappa shape index (κ1) is 17.9. The van der Waals surface area contributed by atoms with Crippen LogP contribution in [0.25, 0.3) is 16.8 Å². The summed E-state index contributed by atoms with van der Waals surface area (Å²) in [7, 11) is 0. The number of aliphatic hydroxyl groups is 1. The van der Waals surface area contributed by atoms with E-state index in [1.807, 2.05) is 10.6 Å². The van der Waals surface area contributed by atoms with Crippen LogP contribution in [0.4, 0.5) is 13.2 Å². The van der Waals surface area contributed by atoms with Crippen molar-refractivity contribution in [3.8, 4) is 16.8 Å². The number of aromatic nitrogens is 4. The number of hydrogen-bond donors (Lipinski definition) is 1. The molecular weight excluding hydrogens is 381 g/mol. The number of nitrogens with zero attached hydrogens (tertiary/aromatic N) is 4. The topological polar surface area (TPSA) is 63.8 Å². The highest BCUT2D eigenvalue weighted by molar-refractivity contribution is 6.33. The van der Waals surface area contributed by atoms with Gasteiger partial charge in [-0.2, -0.15) is 13.2 Å². The zero-order chi connectivity index (χ0) is 19.4. The molecule has 1 aromatic carbocycles. The van der Waals surface area contributed by atoms with Gasteiger partial charge in [-0.15, -0.1) is 10.2 Å². The van der Waals surface area contributed by atoms with Gasteiger partial charge in [-0.25, -0.2) is 0 Å². The molecule has 4 rings (SSSR count). The summed E-state index contributed by atoms with van der Waals surface area (Å²) in [6, 6.07) is 4.82. The van der Waals surface area contributed by atoms with Gasteiger partial charge < -0.3 is 5.11 Å². The Morgan fingerprint density at radius 1 is 1.11 bits per heavy atom. The highest BCUT2D eigenvalue weighted by Gasteiger charge is 2.51. The van der Waals surface area contributed by atoms with Crippen LogP contribution in [0, 0.1) is 0 Å². The predicted molar refractivity (Wildman–Crippen MR) is 92.6 cm³/mol. The molecule has 0 unspecified atom stereocenters. The van der Waals surface area contributed by atoms with Crippen molar-refractivity contribution in [3.63, 3.8) is 0 Å². The smallest absolute Gasteiger partial charge is 0.376 e. The highest BCUT2D eigenvalue weighted by atomic mass is 35.5. The number of aryl methyl sites for hydroxylation is 2. The molecule has 1 atom stereocenters. The Kier molecular flexibility index (Phi) is 4.01. The maximum atomic E-state index is 13.1. The lowest BCUT2D eigenvalue weighted by molar-refractivity contribution is -0.259. The van der Waals surface area contributed by atoms with Gasteiger partial charge >= 0.3 is 6.18 Å². The zero-order valence-corrected chi connectivity index (χ0v) is 14.9. The number of hydrogen-bond acceptors (Lipinski definition) is 4. The molecule has 5 nitrogen and oxygen atoms in total. The monoisotopic (exact) mass is 394 g/mol. The Bertz CT molecular complexity index is 1030. The van der Waals surface area contributed by atoms with Crippen molar-refractivity contribution in [2.24, 2.45) is 0 Å². The van der Waals surface area contributed by atoms with Crippen LogP contribution in [0.3, 0.4) is 0 Å². The molecule has 1 aliphatic heterocycles. The van der Waals surface area contributed by atoms with E-state index < -0.39 is 11.8 Å². The number of alkyl halides is 3. The van der Waals surface area contributed by atoms with E-state index in [2.05, 4.69) is 15.2 Å². The van der Waals surface area contributed by atoms with Crippen molar-refractivity contribution >= 4 is 11.6 Å². The molecule has 0 bridgehead atoms. The third kappa shape index (κ3) is 2.89. The van der Waals surface area contributed by atoms with Gasteiger partial charge in [0.15, 0.2) is 5.60 Å². The summed E-state index contributed by atoms with van der Waals surface area (Å²) >= 11 is 6.46. The minimum Gasteiger partial charge on any atom is -0.376 e. The molecule has 3 heterocycles. The van der Waals surface area contributed by atoms with E-state index in [1.54, 1.807) is 12.4 Å². The van der Waals surface area contributed by atoms with Gasteiger partial charge in [0.1, 0.15) is 12.2 Å². The Morgan fingerprint density at radius 2 is 1.89 bits per heavy atom. The second-order valence-electron chi connectivity index (χ2n) is 6.62. The van der Waals surface area contributed by atoms with Crippen LogP contribution < -0.4 is 0 Å². The number of pyridine rings is 1. The molecule has 0 spiro atoms. The van der Waals surface area contributed by atoms with Crippen LogP contribution in [0.1, 0.15) is 23.9 Å². The summed E-state index contributed by atoms with van der Waals surface area (Å²) in [5.41, 5.74) is -0.539. The third-order valence-corrected chi connectivity index (χ3v) is 5.09. The van der Waals surface area contributed by atoms with Crippen molar-refractivity contribution < 1.29 is 18.3 Å². The van der Waals surface area contributed by atoms with E-state index in [9.17, 15) is 18.3 Å². The molecular formula is C18H14ClF3N4O. The second-order valence-corrected chi connectivity index (χ2v) is 7.02. The normalized spacial score (nSPS) is 15.8. The molecule has 0 saturated heterocycles. The van der Waals surface area contributed by atoms with Crippen molar-refractivity contribution in [1.82, 2.24) is 19.7 Å². The van der Waals surface area contributed by atoms with Crippen molar-refractivity contribution in [2.75, 3.05) is 0 Å². The summed E-state index contributed by atoms with van der Waals surface area (Å²) in [6.07, 6.45) is 0.609. The van der Waals surface area contributed by atoms with Gasteiger partial charge in [0.05, 0.1) is 10.7 Å². The molecule has 140 valence electrons. The van der Waals surface area contributed by atoms with Crippen LogP contribution >= 0.6 is 11.6 Å². The molecule has 1 aliphatic rings. The van der Waals surface area contributed by atoms with Gasteiger partial charge in [0, 0.05) is 29.9 Å². The van der Waals surface area contributed by atoms with E-state index in [4.69, 9.17) is 11.6 Å². The van der Waals surface area contributed by atoms with E-state index in [0.29, 0.717) is 35.9 Å². The summed E-state index contributed by atoms with van der Waals surface area (Å²) < 4.78 is 41.2. The van der Waals surface area contributed by atoms with Gasteiger partial charge in [-0.1, -0.05) is 11.6 Å². The first-order valence-corrected chi connectivity index (χ1v) is 8.53. The molecule has 3 aromatic rings. The molecule has 9 heteroatoms. The number of benzene rings is 1. The highest BCUT2D eigenvalue weighted by Crippen LogP contribution is 2.40. The standard InChI is InChI=1S/C18H14ClF3N4O/c1-17(27,18(20,21)22)13-5-12(7-23-8-13)11-4-10-2-3-15-25-24-9-26(15)16(10)14(19)6-11/h4-9,27H,2-3H2,1H3/t17-/m0/s1. The summed E-state index contributed by atoms with van der Waals surface area (Å²) in [6.45, 7) is 0.710. The summed E-state index contributed by atoms with van der Waals surface area (Å²) in [5, 5.41) is 18.3. The average Bonchev–Trinajstić information content (AvgIpc) is 3.09. The van der Waals surface area contributed by atoms with E-state index in [0.717, 1.165) is 23.3 Å². The maximum Gasteiger partial charge on any atom is 0.421 e. The molecule has 1 N–H and O–H groups in total. The average molecular weight is 395 g/mol. The Labute approximate surface area is 157 Å². The largest absolute Gasteiger partial charge is 0.421 e. The fraction of sp³-hybridized carbons (Fsp3) is 0.278. The molecule has 0 amide bonds. The second kappa shape index (κ2) is 6.03. The molecule has 2 aromatic heterocycles. The predicted octanol–water partition coefficient (Wildman–Crippen LogP) is 3.85. The molecule has 0 fully saturated rings. The van der Waals surface area contributed by atoms with Crippen LogP contribution in [0.15, 0.2) is 36.9 Å². The van der Waals surface area contributed by atoms with E-state index in [1.165, 1.54) is 12.3 Å². The third-order valence-electron chi connectivity index (χ3n) is 4.81. The van der Waals surface area contributed by atoms with E-state index >= 15 is 0 Å². The lowest BCUT2D eigenvalue weighted by atomic mass is 9.93. The Balaban J connectivity index is 1.80. The SMILES string of the molecule is C[C@](O)(c1cncc(-c2cc(Cl)c3c(c2)CCc2nncn2-3)c1)C(F)(F)F. The lowest BCUT2D eigenvalue weighted by Crippen LogP contribution is -2.39. The minimum atomic E-state index is -4.81. The van der Waals surface area contributed by atoms with Crippen LogP contribution in [0.5, 0.6) is 0 Å². The van der Waals surface area contributed by atoms with Gasteiger partial charge in [0.2, 0.25) is 0 Å². The maximum absolute atomic E-state index is 13.1. The van der Waals surface area contributed by atoms with Crippen LogP contribution in [0.2, 0.25) is 5.02 Å². The molecule has 27 heavy (non-hydrogen) atoms. The summed E-state index contributed by atoms with van der Waals surface area (Å²) in [5.74, 6) is 0.807. The number of fused-ring (bicyclic) bond motifs is 3. The Morgan fingerprint density at radius 3 is 2.63 bits per heavy atom. The number of halogens is 4. The summed E-state index contributed by atoms with van der Waals surface area (Å²) in [4.78, 5) is 3.88. The van der Waals surface area contributed by atoms with Crippen molar-refractivity contribution in [3.05, 3.63) is 58.9 Å². The zero-order valence-electron chi connectivity index (χ0n) is 14.1. The Hall–Kier alpha value is -2.45. The minimum absolute atomic E-state index is 0.331. The first-order valence-electron chi connectivity index (χ1n) is 8.15. The molecule has 0 radical (unpaired) electrons. The van der Waals surface area contributed by atoms with Crippen LogP contribution in [-0.2, 0) is 18.4 Å². The molecule has 0 saturated carbocycles. The van der Waals surface area contributed by atoms with Gasteiger partial charge in [0.25, 0.3) is 0 Å². The lowest BCUT2D eigenvalue weighted by Gasteiger charge is -2.26. The van der Waals surface area contributed by atoms with Crippen LogP contribution in [-0.4, -0.2) is 31.0 Å². The van der Waals surface area contributed by atoms with Crippen molar-refractivity contribution in [1.29, 1.82) is 0 Å². The van der Waals surface area contributed by atoms with Gasteiger partial charge in [-0.05, 0) is 42.7 Å².